The Balaban J connectivity index is 1.68. The van der Waals surface area contributed by atoms with Gasteiger partial charge in [0.15, 0.2) is 0 Å². The SMILES string of the molecule is Cc1nn(-c2ccccc2)c(C)c1CN(C)CC(=O)Nc1cc(F)ccc1F. The van der Waals surface area contributed by atoms with E-state index in [1.165, 1.54) is 0 Å². The van der Waals surface area contributed by atoms with E-state index in [1.807, 2.05) is 48.9 Å². The molecule has 3 rings (SSSR count). The largest absolute Gasteiger partial charge is 0.322 e. The van der Waals surface area contributed by atoms with Crippen LogP contribution in [0.25, 0.3) is 5.69 Å². The van der Waals surface area contributed by atoms with Gasteiger partial charge in [0, 0.05) is 23.9 Å². The van der Waals surface area contributed by atoms with Crippen molar-refractivity contribution < 1.29 is 13.6 Å². The molecule has 28 heavy (non-hydrogen) atoms. The van der Waals surface area contributed by atoms with Crippen molar-refractivity contribution in [1.82, 2.24) is 14.7 Å². The fraction of sp³-hybridized carbons (Fsp3) is 0.238. The lowest BCUT2D eigenvalue weighted by atomic mass is 10.2. The number of anilines is 1. The van der Waals surface area contributed by atoms with Crippen molar-refractivity contribution in [3.05, 3.63) is 77.1 Å². The van der Waals surface area contributed by atoms with Crippen LogP contribution in [0.15, 0.2) is 48.5 Å². The normalized spacial score (nSPS) is 11.1. The quantitative estimate of drug-likeness (QED) is 0.703. The molecule has 0 radical (unpaired) electrons. The number of benzene rings is 2. The smallest absolute Gasteiger partial charge is 0.238 e. The highest BCUT2D eigenvalue weighted by Crippen LogP contribution is 2.19. The molecule has 1 heterocycles. The highest BCUT2D eigenvalue weighted by molar-refractivity contribution is 5.92. The van der Waals surface area contributed by atoms with E-state index in [-0.39, 0.29) is 12.2 Å². The van der Waals surface area contributed by atoms with Crippen molar-refractivity contribution in [2.24, 2.45) is 0 Å². The van der Waals surface area contributed by atoms with E-state index in [9.17, 15) is 13.6 Å². The van der Waals surface area contributed by atoms with Crippen LogP contribution in [0.5, 0.6) is 0 Å². The standard InChI is InChI=1S/C21H22F2N4O/c1-14-18(15(2)27(25-14)17-7-5-4-6-8-17)12-26(3)13-21(28)24-20-11-16(22)9-10-19(20)23/h4-11H,12-13H2,1-3H3,(H,24,28). The summed E-state index contributed by atoms with van der Waals surface area (Å²) in [6, 6.07) is 12.8. The van der Waals surface area contributed by atoms with Crippen LogP contribution in [0.4, 0.5) is 14.5 Å². The van der Waals surface area contributed by atoms with Gasteiger partial charge < -0.3 is 5.32 Å². The van der Waals surface area contributed by atoms with Crippen LogP contribution in [-0.2, 0) is 11.3 Å². The Labute approximate surface area is 162 Å². The molecule has 0 saturated heterocycles. The average Bonchev–Trinajstić information content (AvgIpc) is 2.93. The summed E-state index contributed by atoms with van der Waals surface area (Å²) in [5, 5.41) is 7.01. The molecule has 3 aromatic rings. The van der Waals surface area contributed by atoms with Gasteiger partial charge in [0.2, 0.25) is 5.91 Å². The molecule has 0 spiro atoms. The van der Waals surface area contributed by atoms with Gasteiger partial charge in [-0.25, -0.2) is 13.5 Å². The molecule has 0 aliphatic carbocycles. The molecule has 1 aromatic heterocycles. The van der Waals surface area contributed by atoms with Crippen LogP contribution >= 0.6 is 0 Å². The minimum absolute atomic E-state index is 0.0331. The lowest BCUT2D eigenvalue weighted by Crippen LogP contribution is -2.30. The third kappa shape index (κ3) is 4.43. The first-order chi connectivity index (χ1) is 13.3. The Morgan fingerprint density at radius 1 is 1.14 bits per heavy atom. The van der Waals surface area contributed by atoms with Crippen molar-refractivity contribution >= 4 is 11.6 Å². The van der Waals surface area contributed by atoms with Gasteiger partial charge in [0.25, 0.3) is 0 Å². The van der Waals surface area contributed by atoms with Crippen LogP contribution in [0, 0.1) is 25.5 Å². The predicted octanol–water partition coefficient (Wildman–Crippen LogP) is 3.84. The number of para-hydroxylation sites is 1. The first-order valence-corrected chi connectivity index (χ1v) is 8.89. The number of nitrogens with one attached hydrogen (secondary N) is 1. The second kappa shape index (κ2) is 8.31. The molecule has 1 N–H and O–H groups in total. The van der Waals surface area contributed by atoms with E-state index in [0.29, 0.717) is 6.54 Å². The van der Waals surface area contributed by atoms with Gasteiger partial charge in [-0.2, -0.15) is 5.10 Å². The Morgan fingerprint density at radius 3 is 2.57 bits per heavy atom. The molecule has 5 nitrogen and oxygen atoms in total. The number of likely N-dealkylation sites (N-methyl/N-ethyl adjacent to an activating group) is 1. The molecule has 0 atom stereocenters. The van der Waals surface area contributed by atoms with E-state index in [1.54, 1.807) is 11.9 Å². The minimum atomic E-state index is -0.673. The number of nitrogens with zero attached hydrogens (tertiary/aromatic N) is 3. The summed E-state index contributed by atoms with van der Waals surface area (Å²) in [5.74, 6) is -1.70. The maximum absolute atomic E-state index is 13.7. The third-order valence-electron chi connectivity index (χ3n) is 4.49. The van der Waals surface area contributed by atoms with Gasteiger partial charge in [0.1, 0.15) is 11.6 Å². The Bertz CT molecular complexity index is 986. The van der Waals surface area contributed by atoms with Crippen LogP contribution in [0.2, 0.25) is 0 Å². The van der Waals surface area contributed by atoms with Crippen molar-refractivity contribution in [3.8, 4) is 5.69 Å². The van der Waals surface area contributed by atoms with Crippen molar-refractivity contribution in [1.29, 1.82) is 0 Å². The van der Waals surface area contributed by atoms with Crippen molar-refractivity contribution in [3.63, 3.8) is 0 Å². The number of halogens is 2. The maximum Gasteiger partial charge on any atom is 0.238 e. The third-order valence-corrected chi connectivity index (χ3v) is 4.49. The van der Waals surface area contributed by atoms with E-state index < -0.39 is 17.5 Å². The number of carbonyl (C=O) groups is 1. The Kier molecular flexibility index (Phi) is 5.84. The van der Waals surface area contributed by atoms with Crippen molar-refractivity contribution in [2.45, 2.75) is 20.4 Å². The molecule has 0 saturated carbocycles. The molecular weight excluding hydrogens is 362 g/mol. The summed E-state index contributed by atoms with van der Waals surface area (Å²) in [7, 11) is 1.79. The molecule has 0 bridgehead atoms. The molecule has 2 aromatic carbocycles. The first kappa shape index (κ1) is 19.7. The molecule has 1 amide bonds. The Hall–Kier alpha value is -3.06. The lowest BCUT2D eigenvalue weighted by Gasteiger charge is -2.17. The fourth-order valence-electron chi connectivity index (χ4n) is 3.08. The second-order valence-electron chi connectivity index (χ2n) is 6.74. The molecular formula is C21H22F2N4O. The number of amides is 1. The van der Waals surface area contributed by atoms with E-state index in [2.05, 4.69) is 10.4 Å². The molecule has 0 aliphatic rings. The number of aryl methyl sites for hydroxylation is 1. The number of hydrogen-bond donors (Lipinski definition) is 1. The zero-order chi connectivity index (χ0) is 20.3. The molecule has 0 aliphatic heterocycles. The highest BCUT2D eigenvalue weighted by atomic mass is 19.1. The topological polar surface area (TPSA) is 50.2 Å². The van der Waals surface area contributed by atoms with E-state index in [0.717, 1.165) is 40.8 Å². The number of rotatable bonds is 6. The summed E-state index contributed by atoms with van der Waals surface area (Å²) in [5.41, 5.74) is 3.70. The maximum atomic E-state index is 13.7. The van der Waals surface area contributed by atoms with Gasteiger partial charge >= 0.3 is 0 Å². The number of aromatic nitrogens is 2. The van der Waals surface area contributed by atoms with Crippen LogP contribution in [0.3, 0.4) is 0 Å². The monoisotopic (exact) mass is 384 g/mol. The lowest BCUT2D eigenvalue weighted by molar-refractivity contribution is -0.117. The molecule has 0 fully saturated rings. The number of hydrogen-bond acceptors (Lipinski definition) is 3. The van der Waals surface area contributed by atoms with Gasteiger partial charge in [0.05, 0.1) is 23.6 Å². The summed E-state index contributed by atoms with van der Waals surface area (Å²) < 4.78 is 28.8. The summed E-state index contributed by atoms with van der Waals surface area (Å²) in [6.07, 6.45) is 0. The second-order valence-corrected chi connectivity index (χ2v) is 6.74. The van der Waals surface area contributed by atoms with Crippen molar-refractivity contribution in [2.75, 3.05) is 18.9 Å². The molecule has 0 unspecified atom stereocenters. The molecule has 7 heteroatoms. The van der Waals surface area contributed by atoms with Crippen LogP contribution in [-0.4, -0.2) is 34.2 Å². The van der Waals surface area contributed by atoms with Gasteiger partial charge in [-0.1, -0.05) is 18.2 Å². The van der Waals surface area contributed by atoms with E-state index in [4.69, 9.17) is 0 Å². The molecule has 146 valence electrons. The predicted molar refractivity (Wildman–Crippen MR) is 104 cm³/mol. The Morgan fingerprint density at radius 2 is 1.86 bits per heavy atom. The average molecular weight is 384 g/mol. The zero-order valence-corrected chi connectivity index (χ0v) is 16.0. The minimum Gasteiger partial charge on any atom is -0.322 e. The van der Waals surface area contributed by atoms with Gasteiger partial charge in [-0.05, 0) is 45.2 Å². The highest BCUT2D eigenvalue weighted by Gasteiger charge is 2.16. The van der Waals surface area contributed by atoms with Crippen LogP contribution < -0.4 is 5.32 Å². The fourth-order valence-corrected chi connectivity index (χ4v) is 3.08. The zero-order valence-electron chi connectivity index (χ0n) is 16.0. The summed E-state index contributed by atoms with van der Waals surface area (Å²) in [4.78, 5) is 14.0. The first-order valence-electron chi connectivity index (χ1n) is 8.89. The number of carbonyl (C=O) groups excluding carboxylic acids is 1. The summed E-state index contributed by atoms with van der Waals surface area (Å²) in [6.45, 7) is 4.45. The van der Waals surface area contributed by atoms with Gasteiger partial charge in [-0.15, -0.1) is 0 Å². The van der Waals surface area contributed by atoms with Gasteiger partial charge in [-0.3, -0.25) is 9.69 Å². The summed E-state index contributed by atoms with van der Waals surface area (Å²) >= 11 is 0. The van der Waals surface area contributed by atoms with E-state index >= 15 is 0 Å². The van der Waals surface area contributed by atoms with Crippen LogP contribution in [0.1, 0.15) is 17.0 Å².